The Morgan fingerprint density at radius 3 is 2.67 bits per heavy atom. The highest BCUT2D eigenvalue weighted by molar-refractivity contribution is 7.13. The second-order valence-electron chi connectivity index (χ2n) is 4.42. The molecule has 21 heavy (non-hydrogen) atoms. The molecule has 1 heterocycles. The Hall–Kier alpha value is -2.12. The van der Waals surface area contributed by atoms with Crippen LogP contribution in [0.3, 0.4) is 0 Å². The van der Waals surface area contributed by atoms with Gasteiger partial charge in [-0.05, 0) is 18.2 Å². The molecule has 0 fully saturated rings. The van der Waals surface area contributed by atoms with Crippen LogP contribution in [-0.4, -0.2) is 35.8 Å². The summed E-state index contributed by atoms with van der Waals surface area (Å²) < 4.78 is 0. The van der Waals surface area contributed by atoms with E-state index in [1.165, 1.54) is 22.3 Å². The minimum atomic E-state index is -0.395. The molecule has 0 aliphatic carbocycles. The van der Waals surface area contributed by atoms with E-state index < -0.39 is 5.91 Å². The molecule has 0 spiro atoms. The zero-order valence-electron chi connectivity index (χ0n) is 11.4. The van der Waals surface area contributed by atoms with E-state index in [4.69, 9.17) is 17.3 Å². The molecule has 0 saturated carbocycles. The Labute approximate surface area is 130 Å². The summed E-state index contributed by atoms with van der Waals surface area (Å²) >= 11 is 7.19. The molecule has 0 radical (unpaired) electrons. The summed E-state index contributed by atoms with van der Waals surface area (Å²) in [6, 6.07) is 4.70. The van der Waals surface area contributed by atoms with E-state index in [1.54, 1.807) is 31.6 Å². The molecule has 0 bridgehead atoms. The lowest BCUT2D eigenvalue weighted by Crippen LogP contribution is -2.22. The molecular formula is C13H13ClN4O2S. The fourth-order valence-electron chi connectivity index (χ4n) is 1.59. The second kappa shape index (κ2) is 6.11. The number of amides is 2. The first-order chi connectivity index (χ1) is 9.88. The monoisotopic (exact) mass is 324 g/mol. The Morgan fingerprint density at radius 2 is 2.10 bits per heavy atom. The van der Waals surface area contributed by atoms with Gasteiger partial charge in [-0.1, -0.05) is 11.6 Å². The number of carbonyl (C=O) groups excluding carboxylic acids is 2. The third-order valence-electron chi connectivity index (χ3n) is 2.62. The first-order valence-electron chi connectivity index (χ1n) is 5.92. The molecule has 0 unspecified atom stereocenters. The fourth-order valence-corrected chi connectivity index (χ4v) is 2.34. The largest absolute Gasteiger partial charge is 0.375 e. The van der Waals surface area contributed by atoms with Crippen LogP contribution in [0.25, 0.3) is 0 Å². The van der Waals surface area contributed by atoms with Crippen molar-refractivity contribution < 1.29 is 9.59 Å². The molecule has 8 heteroatoms. The maximum Gasteiger partial charge on any atom is 0.275 e. The van der Waals surface area contributed by atoms with E-state index in [2.05, 4.69) is 10.3 Å². The van der Waals surface area contributed by atoms with E-state index in [0.29, 0.717) is 21.4 Å². The number of nitrogens with zero attached hydrogens (tertiary/aromatic N) is 2. The number of rotatable bonds is 3. The summed E-state index contributed by atoms with van der Waals surface area (Å²) in [6.07, 6.45) is 0. The van der Waals surface area contributed by atoms with Gasteiger partial charge in [0, 0.05) is 25.2 Å². The number of benzene rings is 1. The van der Waals surface area contributed by atoms with Crippen LogP contribution >= 0.6 is 22.9 Å². The van der Waals surface area contributed by atoms with Crippen LogP contribution in [0.15, 0.2) is 23.6 Å². The number of nitrogens with one attached hydrogen (secondary N) is 1. The lowest BCUT2D eigenvalue weighted by Gasteiger charge is -2.13. The number of anilines is 2. The summed E-state index contributed by atoms with van der Waals surface area (Å²) in [7, 11) is 3.25. The summed E-state index contributed by atoms with van der Waals surface area (Å²) in [5, 5.41) is 4.86. The maximum atomic E-state index is 12.0. The first-order valence-corrected chi connectivity index (χ1v) is 7.18. The molecule has 2 rings (SSSR count). The van der Waals surface area contributed by atoms with E-state index in [1.807, 2.05) is 0 Å². The van der Waals surface area contributed by atoms with Crippen LogP contribution in [-0.2, 0) is 0 Å². The molecule has 1 aromatic heterocycles. The molecule has 1 aromatic carbocycles. The van der Waals surface area contributed by atoms with Crippen LogP contribution in [0.1, 0.15) is 20.8 Å². The summed E-state index contributed by atoms with van der Waals surface area (Å²) in [5.74, 6) is -0.637. The van der Waals surface area contributed by atoms with Gasteiger partial charge in [0.2, 0.25) is 0 Å². The lowest BCUT2D eigenvalue weighted by atomic mass is 10.1. The summed E-state index contributed by atoms with van der Waals surface area (Å²) in [6.45, 7) is 0. The highest BCUT2D eigenvalue weighted by atomic mass is 35.5. The van der Waals surface area contributed by atoms with Gasteiger partial charge in [0.25, 0.3) is 11.8 Å². The third-order valence-corrected chi connectivity index (χ3v) is 3.62. The molecule has 110 valence electrons. The highest BCUT2D eigenvalue weighted by Gasteiger charge is 2.15. The van der Waals surface area contributed by atoms with E-state index >= 15 is 0 Å². The molecule has 3 N–H and O–H groups in total. The minimum absolute atomic E-state index is 0.230. The van der Waals surface area contributed by atoms with Crippen LogP contribution in [0.2, 0.25) is 5.02 Å². The van der Waals surface area contributed by atoms with Gasteiger partial charge in [-0.15, -0.1) is 11.3 Å². The number of halogens is 1. The number of hydrogen-bond acceptors (Lipinski definition) is 5. The molecule has 6 nitrogen and oxygen atoms in total. The lowest BCUT2D eigenvalue weighted by molar-refractivity contribution is 0.0827. The molecule has 2 amide bonds. The van der Waals surface area contributed by atoms with Crippen molar-refractivity contribution in [2.75, 3.05) is 25.1 Å². The Morgan fingerprint density at radius 1 is 1.38 bits per heavy atom. The van der Waals surface area contributed by atoms with E-state index in [0.717, 1.165) is 0 Å². The Kier molecular flexibility index (Phi) is 4.44. The van der Waals surface area contributed by atoms with Crippen LogP contribution in [0, 0.1) is 0 Å². The minimum Gasteiger partial charge on any atom is -0.375 e. The van der Waals surface area contributed by atoms with Gasteiger partial charge in [-0.25, -0.2) is 4.98 Å². The van der Waals surface area contributed by atoms with Crippen molar-refractivity contribution >= 4 is 45.6 Å². The van der Waals surface area contributed by atoms with Gasteiger partial charge >= 0.3 is 0 Å². The molecule has 0 atom stereocenters. The van der Waals surface area contributed by atoms with Gasteiger partial charge in [-0.2, -0.15) is 0 Å². The van der Waals surface area contributed by atoms with Crippen LogP contribution in [0.4, 0.5) is 10.8 Å². The number of nitrogen functional groups attached to an aromatic ring is 1. The van der Waals surface area contributed by atoms with Gasteiger partial charge in [-0.3, -0.25) is 9.59 Å². The number of aromatic nitrogens is 1. The average Bonchev–Trinajstić information content (AvgIpc) is 2.86. The summed E-state index contributed by atoms with van der Waals surface area (Å²) in [5.41, 5.74) is 6.49. The van der Waals surface area contributed by atoms with Crippen LogP contribution in [0.5, 0.6) is 0 Å². The molecule has 0 aliphatic heterocycles. The Balaban J connectivity index is 2.23. The second-order valence-corrected chi connectivity index (χ2v) is 5.72. The van der Waals surface area contributed by atoms with Crippen molar-refractivity contribution in [3.8, 4) is 0 Å². The zero-order valence-corrected chi connectivity index (χ0v) is 13.0. The van der Waals surface area contributed by atoms with Gasteiger partial charge in [0.05, 0.1) is 10.6 Å². The topological polar surface area (TPSA) is 88.3 Å². The Bertz CT molecular complexity index is 699. The van der Waals surface area contributed by atoms with Crippen molar-refractivity contribution in [2.45, 2.75) is 0 Å². The number of carbonyl (C=O) groups is 2. The number of hydrogen-bond donors (Lipinski definition) is 2. The van der Waals surface area contributed by atoms with E-state index in [9.17, 15) is 9.59 Å². The standard InChI is InChI=1S/C13H13ClN4O2S/c1-18(2)12(20)8-5-7(3-4-9(8)14)16-11(19)10-6-21-13(15)17-10/h3-6H,1-2H3,(H2,15,17)(H,16,19). The SMILES string of the molecule is CN(C)C(=O)c1cc(NC(=O)c2csc(N)n2)ccc1Cl. The zero-order chi connectivity index (χ0) is 15.6. The highest BCUT2D eigenvalue weighted by Crippen LogP contribution is 2.22. The summed E-state index contributed by atoms with van der Waals surface area (Å²) in [4.78, 5) is 29.3. The smallest absolute Gasteiger partial charge is 0.275 e. The molecule has 0 saturated heterocycles. The van der Waals surface area contributed by atoms with Crippen molar-refractivity contribution in [3.63, 3.8) is 0 Å². The molecule has 2 aromatic rings. The average molecular weight is 325 g/mol. The molecular weight excluding hydrogens is 312 g/mol. The van der Waals surface area contributed by atoms with Crippen molar-refractivity contribution in [1.82, 2.24) is 9.88 Å². The van der Waals surface area contributed by atoms with Crippen molar-refractivity contribution in [1.29, 1.82) is 0 Å². The third kappa shape index (κ3) is 3.50. The normalized spacial score (nSPS) is 10.2. The molecule has 0 aliphatic rings. The van der Waals surface area contributed by atoms with Crippen molar-refractivity contribution in [3.05, 3.63) is 39.9 Å². The quantitative estimate of drug-likeness (QED) is 0.907. The fraction of sp³-hybridized carbons (Fsp3) is 0.154. The van der Waals surface area contributed by atoms with Gasteiger partial charge < -0.3 is 16.0 Å². The number of nitrogens with two attached hydrogens (primary N) is 1. The predicted molar refractivity (Wildman–Crippen MR) is 83.9 cm³/mol. The van der Waals surface area contributed by atoms with E-state index in [-0.39, 0.29) is 11.6 Å². The van der Waals surface area contributed by atoms with Gasteiger partial charge in [0.1, 0.15) is 5.69 Å². The first kappa shape index (κ1) is 15.3. The van der Waals surface area contributed by atoms with Gasteiger partial charge in [0.15, 0.2) is 5.13 Å². The predicted octanol–water partition coefficient (Wildman–Crippen LogP) is 2.33. The van der Waals surface area contributed by atoms with Crippen molar-refractivity contribution in [2.24, 2.45) is 0 Å². The van der Waals surface area contributed by atoms with Crippen LogP contribution < -0.4 is 11.1 Å². The number of thiazole rings is 1. The maximum absolute atomic E-state index is 12.0.